The highest BCUT2D eigenvalue weighted by Crippen LogP contribution is 2.49. The largest absolute Gasteiger partial charge is 0.694 e. The molecule has 98 heavy (non-hydrogen) atoms. The Balaban J connectivity index is 0.533. The van der Waals surface area contributed by atoms with Crippen molar-refractivity contribution in [1.29, 1.82) is 0 Å². The lowest BCUT2D eigenvalue weighted by Crippen LogP contribution is -2.45. The molecule has 0 radical (unpaired) electrons. The van der Waals surface area contributed by atoms with Crippen LogP contribution in [0.3, 0.4) is 0 Å². The van der Waals surface area contributed by atoms with Gasteiger partial charge in [-0.05, 0) is 119 Å². The summed E-state index contributed by atoms with van der Waals surface area (Å²) >= 11 is 0. The van der Waals surface area contributed by atoms with Crippen molar-refractivity contribution in [3.63, 3.8) is 0 Å². The summed E-state index contributed by atoms with van der Waals surface area (Å²) in [5, 5.41) is 21.8. The summed E-state index contributed by atoms with van der Waals surface area (Å²) in [5.41, 5.74) is 16.3. The fourth-order valence-electron chi connectivity index (χ4n) is 13.4. The number of amides is 3. The van der Waals surface area contributed by atoms with Crippen molar-refractivity contribution in [1.82, 2.24) is 35.1 Å². The molecule has 30 heteroatoms. The number of nitrogens with one attached hydrogen (secondary N) is 3. The average molecular weight is 1440 g/mol. The molecule has 0 aliphatic carbocycles. The Labute approximate surface area is 586 Å². The van der Waals surface area contributed by atoms with Crippen LogP contribution in [-0.4, -0.2) is 188 Å². The van der Waals surface area contributed by atoms with Crippen molar-refractivity contribution < 1.29 is 76.2 Å². The van der Waals surface area contributed by atoms with Gasteiger partial charge in [0, 0.05) is 106 Å². The number of carboxylic acids is 1. The predicted molar refractivity (Wildman–Crippen MR) is 379 cm³/mol. The number of fused-ring (bicyclic) bond motifs is 5. The summed E-state index contributed by atoms with van der Waals surface area (Å²) in [7, 11) is 3.54. The molecule has 5 aromatic rings. The van der Waals surface area contributed by atoms with Gasteiger partial charge in [-0.15, -0.1) is 9.42 Å². The predicted octanol–water partition coefficient (Wildman–Crippen LogP) is 7.90. The molecule has 526 valence electrons. The standard InChI is InChI=1S/C68H84N9O16PS4/c1-68(2,98-97-41-87-26-4-5-27-88-66(81)71-19-6-11-46-37-77(63-56(46)62(69)73-40-74-63)38-47-36-54(90-42-96-95-3)55(92-47)39-91-94(83)84)18-28-89-67(82)72-21-30-86-32-31-85-29-20-70-64(78)45-16-17-48(65(79)80)51(35-45)57-52-33-43-12-7-22-75-24-9-14-49(58(43)75)60(52)93-61-50-15-10-25-76-23-8-13-44(59(50)76)34-53(57)61/h16-17,33-35,37,40,47,54-55H,4-5,7-10,12-15,18-32,36,38-39,41-42H2,1-3H3,(H5-2,69,70,71,72,73,74,78,79,80,81,82,83,84)/p+2/t47-,54?,55-/m1/s1. The van der Waals surface area contributed by atoms with E-state index in [9.17, 15) is 33.7 Å². The highest BCUT2D eigenvalue weighted by atomic mass is 33.1. The summed E-state index contributed by atoms with van der Waals surface area (Å²) in [6.45, 7) is 11.0. The number of nitrogens with two attached hydrogens (primary N) is 1. The van der Waals surface area contributed by atoms with E-state index >= 15 is 0 Å². The van der Waals surface area contributed by atoms with E-state index in [1.165, 1.54) is 50.4 Å². The average Bonchev–Trinajstić information content (AvgIpc) is 0.848. The van der Waals surface area contributed by atoms with E-state index in [0.29, 0.717) is 78.4 Å². The lowest BCUT2D eigenvalue weighted by atomic mass is 9.81. The van der Waals surface area contributed by atoms with Crippen molar-refractivity contribution in [2.75, 3.05) is 127 Å². The first-order chi connectivity index (χ1) is 47.6. The van der Waals surface area contributed by atoms with Gasteiger partial charge in [0.25, 0.3) is 5.91 Å². The number of hydrogen-bond donors (Lipinski definition) is 6. The van der Waals surface area contributed by atoms with Crippen LogP contribution in [0.15, 0.2) is 42.9 Å². The van der Waals surface area contributed by atoms with Crippen LogP contribution < -0.4 is 46.5 Å². The minimum absolute atomic E-state index is 0.0240. The number of aryl methyl sites for hydroxylation is 2. The number of rotatable bonds is 34. The van der Waals surface area contributed by atoms with E-state index in [2.05, 4.69) is 73.2 Å². The van der Waals surface area contributed by atoms with Crippen LogP contribution in [0.5, 0.6) is 11.5 Å². The number of anilines is 2. The second-order valence-corrected chi connectivity index (χ2v) is 31.2. The number of nitrogens with zero attached hydrogens (tertiary/aromatic N) is 5. The summed E-state index contributed by atoms with van der Waals surface area (Å²) in [4.78, 5) is 72.2. The molecule has 8 heterocycles. The summed E-state index contributed by atoms with van der Waals surface area (Å²) in [6, 6.07) is 9.36. The van der Waals surface area contributed by atoms with Crippen molar-refractivity contribution >= 4 is 104 Å². The number of alkyl carbamates (subject to hydrolysis) is 2. The first-order valence-electron chi connectivity index (χ1n) is 33.4. The fourth-order valence-corrected chi connectivity index (χ4v) is 16.8. The number of aromatic nitrogens is 3. The third kappa shape index (κ3) is 18.6. The van der Waals surface area contributed by atoms with Crippen LogP contribution in [-0.2, 0) is 74.5 Å². The Morgan fingerprint density at radius 3 is 2.40 bits per heavy atom. The summed E-state index contributed by atoms with van der Waals surface area (Å²) in [5.74, 6) is 7.39. The van der Waals surface area contributed by atoms with Gasteiger partial charge in [-0.25, -0.2) is 28.9 Å². The highest BCUT2D eigenvalue weighted by molar-refractivity contribution is 8.77. The molecule has 2 unspecified atom stereocenters. The molecule has 6 aliphatic heterocycles. The minimum atomic E-state index is -2.79. The van der Waals surface area contributed by atoms with E-state index in [1.54, 1.807) is 56.8 Å². The first kappa shape index (κ1) is 72.8. The Morgan fingerprint density at radius 2 is 1.59 bits per heavy atom. The molecular weight excluding hydrogens is 1360 g/mol. The number of carbonyl (C=O) groups is 4. The number of aromatic carboxylic acids is 1. The van der Waals surface area contributed by atoms with Crippen LogP contribution in [0.4, 0.5) is 21.1 Å². The Morgan fingerprint density at radius 1 is 0.837 bits per heavy atom. The lowest BCUT2D eigenvalue weighted by molar-refractivity contribution is -0.0345. The molecule has 7 N–H and O–H groups in total. The molecule has 11 rings (SSSR count). The number of nitrogen functional groups attached to an aromatic ring is 1. The van der Waals surface area contributed by atoms with E-state index in [1.807, 2.05) is 10.8 Å². The molecule has 6 aliphatic rings. The van der Waals surface area contributed by atoms with E-state index in [0.717, 1.165) is 105 Å². The van der Waals surface area contributed by atoms with Gasteiger partial charge in [-0.2, -0.15) is 0 Å². The van der Waals surface area contributed by atoms with Gasteiger partial charge in [0.1, 0.15) is 67.0 Å². The monoisotopic (exact) mass is 1440 g/mol. The number of hydrogen-bond acceptors (Lipinski definition) is 22. The number of carboxylic acid groups (broad SMARTS) is 1. The number of benzene rings is 3. The van der Waals surface area contributed by atoms with Gasteiger partial charge in [0.15, 0.2) is 0 Å². The van der Waals surface area contributed by atoms with Gasteiger partial charge in [0.05, 0.1) is 87.0 Å². The molecule has 3 amide bonds. The zero-order chi connectivity index (χ0) is 68.5. The van der Waals surface area contributed by atoms with E-state index in [-0.39, 0.29) is 100 Å². The normalized spacial score (nSPS) is 17.6. The zero-order valence-electron chi connectivity index (χ0n) is 55.5. The maximum absolute atomic E-state index is 13.9. The van der Waals surface area contributed by atoms with Gasteiger partial charge < -0.3 is 74.2 Å². The first-order valence-corrected chi connectivity index (χ1v) is 39.6. The SMILES string of the molecule is CSSCOC1C[C@H](Cn2cc(C#CCNC(=O)OCCCCOCSSC(C)(C)CCOC(=O)NCCOCCOCCNC(=O)c3ccc(C(=O)O)c(C4=c5cc6c7c(c5Oc5c4cc4c8c5CCCN8CCC4)CCC[N+]=7CCC6)c3)c3c(N)ncnc32)O[C@@H]1CO[P+](=O)O. The molecule has 2 aromatic heterocycles. The minimum Gasteiger partial charge on any atom is -0.478 e. The Kier molecular flexibility index (Phi) is 26.2. The third-order valence-corrected chi connectivity index (χ3v) is 22.7. The van der Waals surface area contributed by atoms with Gasteiger partial charge in [-0.1, -0.05) is 55.0 Å². The molecule has 25 nitrogen and oxygen atoms in total. The van der Waals surface area contributed by atoms with Crippen molar-refractivity contribution in [2.45, 2.75) is 121 Å². The number of ether oxygens (including phenoxy) is 8. The Hall–Kier alpha value is -6.39. The van der Waals surface area contributed by atoms with Crippen LogP contribution >= 0.6 is 51.4 Å². The molecule has 0 saturated carbocycles. The number of unbranched alkanes of at least 4 members (excludes halogenated alkanes) is 1. The van der Waals surface area contributed by atoms with E-state index < -0.39 is 32.5 Å². The van der Waals surface area contributed by atoms with Crippen LogP contribution in [0, 0.1) is 11.8 Å². The fraction of sp³-hybridized carbons (Fsp3) is 0.544. The topological polar surface area (TPSA) is 308 Å². The third-order valence-electron chi connectivity index (χ3n) is 17.9. The molecule has 0 bridgehead atoms. The van der Waals surface area contributed by atoms with Gasteiger partial charge in [0.2, 0.25) is 5.36 Å². The molecule has 1 saturated heterocycles. The maximum Gasteiger partial charge on any atom is 0.694 e. The van der Waals surface area contributed by atoms with Crippen molar-refractivity contribution in [2.24, 2.45) is 0 Å². The van der Waals surface area contributed by atoms with Crippen LogP contribution in [0.2, 0.25) is 0 Å². The second kappa shape index (κ2) is 35.3. The highest BCUT2D eigenvalue weighted by Gasteiger charge is 2.40. The van der Waals surface area contributed by atoms with Crippen molar-refractivity contribution in [3.8, 4) is 23.3 Å². The van der Waals surface area contributed by atoms with Crippen molar-refractivity contribution in [3.05, 3.63) is 104 Å². The van der Waals surface area contributed by atoms with Gasteiger partial charge >= 0.3 is 26.4 Å². The smallest absolute Gasteiger partial charge is 0.478 e. The quantitative estimate of drug-likeness (QED) is 0.00558. The summed E-state index contributed by atoms with van der Waals surface area (Å²) in [6.07, 6.45) is 13.1. The molecule has 4 atom stereocenters. The second-order valence-electron chi connectivity index (χ2n) is 25.0. The number of carbonyl (C=O) groups excluding carboxylic acids is 3. The molecule has 3 aromatic carbocycles. The Bertz CT molecular complexity index is 3940. The zero-order valence-corrected chi connectivity index (χ0v) is 59.7. The van der Waals surface area contributed by atoms with Crippen LogP contribution in [0.25, 0.3) is 16.6 Å². The summed E-state index contributed by atoms with van der Waals surface area (Å²) < 4.78 is 67.7. The lowest BCUT2D eigenvalue weighted by Gasteiger charge is -2.39. The van der Waals surface area contributed by atoms with Gasteiger partial charge in [-0.3, -0.25) is 4.79 Å². The molecule has 0 spiro atoms. The molecular formula is C68H86N9O16PS4+2. The van der Waals surface area contributed by atoms with Crippen LogP contribution in [0.1, 0.15) is 125 Å². The maximum atomic E-state index is 13.9. The molecule has 1 fully saturated rings. The van der Waals surface area contributed by atoms with E-state index in [4.69, 9.17) is 48.2 Å².